The third-order valence-corrected chi connectivity index (χ3v) is 4.74. The molecule has 0 bridgehead atoms. The highest BCUT2D eigenvalue weighted by Crippen LogP contribution is 2.37. The molecule has 2 aliphatic rings. The van der Waals surface area contributed by atoms with Gasteiger partial charge in [0.15, 0.2) is 0 Å². The number of aliphatic imine (C=N–C) groups is 1. The van der Waals surface area contributed by atoms with Gasteiger partial charge in [0.2, 0.25) is 0 Å². The lowest BCUT2D eigenvalue weighted by molar-refractivity contribution is -0.114. The number of allylic oxidation sites excluding steroid dienone is 5. The minimum atomic E-state index is -0.272. The first-order chi connectivity index (χ1) is 12.6. The Morgan fingerprint density at radius 2 is 1.73 bits per heavy atom. The van der Waals surface area contributed by atoms with Gasteiger partial charge >= 0.3 is 0 Å². The van der Waals surface area contributed by atoms with Gasteiger partial charge in [-0.25, -0.2) is 4.99 Å². The van der Waals surface area contributed by atoms with Gasteiger partial charge < -0.3 is 5.32 Å². The van der Waals surface area contributed by atoms with Gasteiger partial charge in [-0.3, -0.25) is 4.79 Å². The first kappa shape index (κ1) is 16.6. The van der Waals surface area contributed by atoms with E-state index < -0.39 is 0 Å². The van der Waals surface area contributed by atoms with Crippen molar-refractivity contribution in [1.29, 1.82) is 0 Å². The standard InChI is InChI=1S/C22H17ClN2O/c1-14-7-10-17(11-8-14)24-21-20(15-5-3-2-4-6-15)18-13-16(23)9-12-19(18)25-22(21)26/h2-13,18,24H,1H3. The molecule has 3 nitrogen and oxygen atoms in total. The molecule has 0 saturated carbocycles. The number of rotatable bonds is 3. The zero-order valence-corrected chi connectivity index (χ0v) is 15.0. The van der Waals surface area contributed by atoms with Crippen LogP contribution < -0.4 is 5.32 Å². The summed E-state index contributed by atoms with van der Waals surface area (Å²) in [7, 11) is 0. The zero-order valence-electron chi connectivity index (χ0n) is 14.2. The first-order valence-corrected chi connectivity index (χ1v) is 8.81. The van der Waals surface area contributed by atoms with Crippen molar-refractivity contribution in [3.63, 3.8) is 0 Å². The number of nitrogens with zero attached hydrogens (tertiary/aromatic N) is 1. The van der Waals surface area contributed by atoms with Gasteiger partial charge in [-0.1, -0.05) is 65.7 Å². The van der Waals surface area contributed by atoms with E-state index in [4.69, 9.17) is 11.6 Å². The molecule has 0 radical (unpaired) electrons. The maximum absolute atomic E-state index is 12.8. The van der Waals surface area contributed by atoms with Gasteiger partial charge in [-0.15, -0.1) is 0 Å². The lowest BCUT2D eigenvalue weighted by Crippen LogP contribution is -2.27. The van der Waals surface area contributed by atoms with Crippen molar-refractivity contribution in [2.24, 2.45) is 10.9 Å². The molecule has 1 aliphatic heterocycles. The number of nitrogens with one attached hydrogen (secondary N) is 1. The predicted octanol–water partition coefficient (Wildman–Crippen LogP) is 5.11. The summed E-state index contributed by atoms with van der Waals surface area (Å²) in [6.07, 6.45) is 5.52. The Balaban J connectivity index is 1.86. The molecule has 1 heterocycles. The van der Waals surface area contributed by atoms with Crippen LogP contribution in [0.1, 0.15) is 11.1 Å². The van der Waals surface area contributed by atoms with E-state index >= 15 is 0 Å². The van der Waals surface area contributed by atoms with E-state index in [1.165, 1.54) is 0 Å². The van der Waals surface area contributed by atoms with Crippen molar-refractivity contribution in [1.82, 2.24) is 0 Å². The third kappa shape index (κ3) is 3.14. The molecule has 1 N–H and O–H groups in total. The number of hydrogen-bond donors (Lipinski definition) is 1. The minimum absolute atomic E-state index is 0.152. The SMILES string of the molecule is Cc1ccc(NC2=C(c3ccccc3)C3C=C(Cl)C=CC3=NC2=O)cc1. The summed E-state index contributed by atoms with van der Waals surface area (Å²) in [5.74, 6) is -0.424. The lowest BCUT2D eigenvalue weighted by Gasteiger charge is -2.27. The fourth-order valence-corrected chi connectivity index (χ4v) is 3.38. The number of halogens is 1. The molecule has 1 unspecified atom stereocenters. The van der Waals surface area contributed by atoms with Crippen molar-refractivity contribution >= 4 is 34.5 Å². The summed E-state index contributed by atoms with van der Waals surface area (Å²) in [6, 6.07) is 17.8. The number of hydrogen-bond acceptors (Lipinski definition) is 2. The van der Waals surface area contributed by atoms with Crippen LogP contribution in [-0.4, -0.2) is 11.6 Å². The Bertz CT molecular complexity index is 983. The van der Waals surface area contributed by atoms with E-state index in [9.17, 15) is 4.79 Å². The Labute approximate surface area is 157 Å². The maximum atomic E-state index is 12.8. The van der Waals surface area contributed by atoms with Gasteiger partial charge in [-0.2, -0.15) is 0 Å². The number of anilines is 1. The summed E-state index contributed by atoms with van der Waals surface area (Å²) >= 11 is 6.24. The molecule has 26 heavy (non-hydrogen) atoms. The summed E-state index contributed by atoms with van der Waals surface area (Å²) < 4.78 is 0. The molecule has 0 fully saturated rings. The van der Waals surface area contributed by atoms with Crippen LogP contribution in [0.15, 0.2) is 88.5 Å². The normalized spacial score (nSPS) is 19.0. The average molecular weight is 361 g/mol. The van der Waals surface area contributed by atoms with Crippen LogP contribution in [0.25, 0.3) is 5.57 Å². The molecule has 0 spiro atoms. The van der Waals surface area contributed by atoms with Crippen molar-refractivity contribution in [2.45, 2.75) is 6.92 Å². The van der Waals surface area contributed by atoms with E-state index in [1.54, 1.807) is 6.08 Å². The zero-order chi connectivity index (χ0) is 18.1. The number of dihydropyridines is 1. The molecule has 4 rings (SSSR count). The smallest absolute Gasteiger partial charge is 0.293 e. The molecular formula is C22H17ClN2O. The fraction of sp³-hybridized carbons (Fsp3) is 0.0909. The molecule has 4 heteroatoms. The van der Waals surface area contributed by atoms with Crippen molar-refractivity contribution in [3.8, 4) is 0 Å². The molecular weight excluding hydrogens is 344 g/mol. The number of aryl methyl sites for hydroxylation is 1. The van der Waals surface area contributed by atoms with Crippen LogP contribution in [0, 0.1) is 12.8 Å². The van der Waals surface area contributed by atoms with E-state index in [0.29, 0.717) is 16.4 Å². The first-order valence-electron chi connectivity index (χ1n) is 8.43. The van der Waals surface area contributed by atoms with E-state index in [1.807, 2.05) is 73.7 Å². The quantitative estimate of drug-likeness (QED) is 0.826. The second-order valence-electron chi connectivity index (χ2n) is 6.35. The highest BCUT2D eigenvalue weighted by molar-refractivity contribution is 6.33. The Kier molecular flexibility index (Phi) is 4.31. The maximum Gasteiger partial charge on any atom is 0.293 e. The van der Waals surface area contributed by atoms with Gasteiger partial charge in [0.25, 0.3) is 5.91 Å². The monoisotopic (exact) mass is 360 g/mol. The van der Waals surface area contributed by atoms with Crippen LogP contribution in [0.4, 0.5) is 5.69 Å². The van der Waals surface area contributed by atoms with Crippen LogP contribution in [-0.2, 0) is 4.79 Å². The molecule has 2 aromatic rings. The van der Waals surface area contributed by atoms with Gasteiger partial charge in [0.1, 0.15) is 5.70 Å². The second kappa shape index (κ2) is 6.77. The third-order valence-electron chi connectivity index (χ3n) is 4.49. The van der Waals surface area contributed by atoms with E-state index in [2.05, 4.69) is 10.3 Å². The van der Waals surface area contributed by atoms with Crippen molar-refractivity contribution in [2.75, 3.05) is 5.32 Å². The summed E-state index contributed by atoms with van der Waals surface area (Å²) in [6.45, 7) is 2.03. The van der Waals surface area contributed by atoms with E-state index in [-0.39, 0.29) is 11.8 Å². The summed E-state index contributed by atoms with van der Waals surface area (Å²) in [4.78, 5) is 17.1. The Morgan fingerprint density at radius 1 is 1.00 bits per heavy atom. The Hall–Kier alpha value is -2.91. The largest absolute Gasteiger partial charge is 0.351 e. The molecule has 128 valence electrons. The molecule has 2 aromatic carbocycles. The molecule has 1 aliphatic carbocycles. The van der Waals surface area contributed by atoms with Crippen molar-refractivity contribution < 1.29 is 4.79 Å². The van der Waals surface area contributed by atoms with Gasteiger partial charge in [0, 0.05) is 22.2 Å². The van der Waals surface area contributed by atoms with Crippen molar-refractivity contribution in [3.05, 3.63) is 94.7 Å². The highest BCUT2D eigenvalue weighted by Gasteiger charge is 2.32. The number of fused-ring (bicyclic) bond motifs is 1. The fourth-order valence-electron chi connectivity index (χ4n) is 3.19. The molecule has 0 saturated heterocycles. The predicted molar refractivity (Wildman–Crippen MR) is 107 cm³/mol. The van der Waals surface area contributed by atoms with Crippen LogP contribution in [0.2, 0.25) is 0 Å². The summed E-state index contributed by atoms with van der Waals surface area (Å²) in [5, 5.41) is 3.93. The minimum Gasteiger partial charge on any atom is -0.351 e. The molecule has 0 aromatic heterocycles. The van der Waals surface area contributed by atoms with E-state index in [0.717, 1.165) is 22.4 Å². The average Bonchev–Trinajstić information content (AvgIpc) is 2.65. The van der Waals surface area contributed by atoms with Crippen LogP contribution in [0.3, 0.4) is 0 Å². The van der Waals surface area contributed by atoms with Gasteiger partial charge in [0.05, 0.1) is 5.71 Å². The molecule has 1 atom stereocenters. The topological polar surface area (TPSA) is 41.5 Å². The van der Waals surface area contributed by atoms with Crippen LogP contribution in [0.5, 0.6) is 0 Å². The number of carbonyl (C=O) groups excluding carboxylic acids is 1. The van der Waals surface area contributed by atoms with Crippen LogP contribution >= 0.6 is 11.6 Å². The second-order valence-corrected chi connectivity index (χ2v) is 6.79. The molecule has 1 amide bonds. The number of amides is 1. The Morgan fingerprint density at radius 3 is 2.46 bits per heavy atom. The number of carbonyl (C=O) groups is 1. The number of benzene rings is 2. The lowest BCUT2D eigenvalue weighted by atomic mass is 9.82. The highest BCUT2D eigenvalue weighted by atomic mass is 35.5. The summed E-state index contributed by atoms with van der Waals surface area (Å²) in [5.41, 5.74) is 5.09. The van der Waals surface area contributed by atoms with Gasteiger partial charge in [-0.05, 0) is 36.8 Å².